The molecular formula is C27H44N2O3Si2. The van der Waals surface area contributed by atoms with Crippen LogP contribution in [0.3, 0.4) is 0 Å². The summed E-state index contributed by atoms with van der Waals surface area (Å²) in [4.78, 5) is 0. The number of anilines is 2. The van der Waals surface area contributed by atoms with Crippen LogP contribution in [0, 0.1) is 0 Å². The Morgan fingerprint density at radius 1 is 0.794 bits per heavy atom. The summed E-state index contributed by atoms with van der Waals surface area (Å²) in [5.41, 5.74) is 12.8. The van der Waals surface area contributed by atoms with E-state index in [9.17, 15) is 0 Å². The van der Waals surface area contributed by atoms with Crippen LogP contribution in [0.1, 0.15) is 46.0 Å². The van der Waals surface area contributed by atoms with Gasteiger partial charge in [-0.15, -0.1) is 0 Å². The van der Waals surface area contributed by atoms with E-state index in [0.29, 0.717) is 0 Å². The van der Waals surface area contributed by atoms with Gasteiger partial charge in [-0.25, -0.2) is 0 Å². The summed E-state index contributed by atoms with van der Waals surface area (Å²) in [5, 5.41) is 0. The van der Waals surface area contributed by atoms with Gasteiger partial charge in [0.1, 0.15) is 29.3 Å². The maximum atomic E-state index is 7.40. The topological polar surface area (TPSA) is 79.7 Å². The Balaban J connectivity index is 2.06. The molecule has 2 atom stereocenters. The Hall–Kier alpha value is -1.97. The normalized spacial score (nSPS) is 23.1. The van der Waals surface area contributed by atoms with Crippen LogP contribution in [0.25, 0.3) is 0 Å². The third kappa shape index (κ3) is 5.81. The first-order chi connectivity index (χ1) is 16.0. The van der Waals surface area contributed by atoms with Crippen molar-refractivity contribution in [2.45, 2.75) is 96.0 Å². The Bertz CT molecular complexity index is 859. The summed E-state index contributed by atoms with van der Waals surface area (Å²) < 4.78 is 20.9. The number of hydrogen-bond acceptors (Lipinski definition) is 5. The zero-order valence-electron chi connectivity index (χ0n) is 21.9. The molecule has 0 amide bonds. The lowest BCUT2D eigenvalue weighted by Crippen LogP contribution is -2.72. The molecule has 4 N–H and O–H groups in total. The summed E-state index contributed by atoms with van der Waals surface area (Å²) in [6.45, 7) is 14.2. The quantitative estimate of drug-likeness (QED) is 0.277. The average Bonchev–Trinajstić information content (AvgIpc) is 2.78. The van der Waals surface area contributed by atoms with E-state index in [2.05, 4.69) is 40.0 Å². The van der Waals surface area contributed by atoms with Gasteiger partial charge in [0.05, 0.1) is 7.59 Å². The molecule has 0 aliphatic carbocycles. The molecule has 2 aromatic rings. The fourth-order valence-electron chi connectivity index (χ4n) is 4.89. The van der Waals surface area contributed by atoms with E-state index in [1.165, 1.54) is 6.04 Å². The van der Waals surface area contributed by atoms with Crippen LogP contribution >= 0.6 is 0 Å². The molecule has 0 bridgehead atoms. The standard InChI is InChI=1S/C27H44N2O3Si2/c1-7-9-25(30-23-15-11-21(28)12-16-23)27(19-20-33(3,4)34(5,6)32-27)26(10-8-2)31-24-17-13-22(29)14-18-24/h11-18,25-26H,7-10,19-20,28-29H2,1-6H3. The molecule has 0 aromatic heterocycles. The maximum Gasteiger partial charge on any atom is 0.175 e. The second-order valence-electron chi connectivity index (χ2n) is 10.9. The van der Waals surface area contributed by atoms with Crippen molar-refractivity contribution in [3.63, 3.8) is 0 Å². The molecule has 7 heteroatoms. The molecule has 1 aliphatic heterocycles. The number of rotatable bonds is 10. The van der Waals surface area contributed by atoms with E-state index in [1.807, 2.05) is 48.5 Å². The fraction of sp³-hybridized carbons (Fsp3) is 0.556. The average molecular weight is 501 g/mol. The van der Waals surface area contributed by atoms with E-state index in [0.717, 1.165) is 55.0 Å². The van der Waals surface area contributed by atoms with E-state index in [1.54, 1.807) is 0 Å². The highest BCUT2D eigenvalue weighted by Gasteiger charge is 2.60. The van der Waals surface area contributed by atoms with Crippen molar-refractivity contribution in [1.82, 2.24) is 0 Å². The van der Waals surface area contributed by atoms with Gasteiger partial charge in [0.25, 0.3) is 0 Å². The van der Waals surface area contributed by atoms with Gasteiger partial charge >= 0.3 is 0 Å². The maximum absolute atomic E-state index is 7.40. The van der Waals surface area contributed by atoms with Gasteiger partial charge in [-0.05, 0) is 80.9 Å². The van der Waals surface area contributed by atoms with Crippen LogP contribution in [0.15, 0.2) is 48.5 Å². The molecule has 0 spiro atoms. The lowest BCUT2D eigenvalue weighted by Gasteiger charge is -2.56. The molecular weight excluding hydrogens is 456 g/mol. The second-order valence-corrected chi connectivity index (χ2v) is 26.0. The first-order valence-electron chi connectivity index (χ1n) is 12.8. The van der Waals surface area contributed by atoms with E-state index in [-0.39, 0.29) is 12.2 Å². The monoisotopic (exact) mass is 500 g/mol. The summed E-state index contributed by atoms with van der Waals surface area (Å²) in [6.07, 6.45) is 4.57. The van der Waals surface area contributed by atoms with Gasteiger partial charge < -0.3 is 25.4 Å². The van der Waals surface area contributed by atoms with Crippen molar-refractivity contribution in [2.75, 3.05) is 11.5 Å². The smallest absolute Gasteiger partial charge is 0.175 e. The largest absolute Gasteiger partial charge is 0.487 e. The van der Waals surface area contributed by atoms with Crippen molar-refractivity contribution in [1.29, 1.82) is 0 Å². The molecule has 0 saturated carbocycles. The van der Waals surface area contributed by atoms with Crippen molar-refractivity contribution in [2.24, 2.45) is 0 Å². The lowest BCUT2D eigenvalue weighted by molar-refractivity contribution is -0.123. The number of hydrogen-bond donors (Lipinski definition) is 2. The Labute approximate surface area is 208 Å². The second kappa shape index (κ2) is 10.7. The zero-order chi connectivity index (χ0) is 25.0. The molecule has 3 rings (SSSR count). The molecule has 188 valence electrons. The fourth-order valence-corrected chi connectivity index (χ4v) is 11.7. The molecule has 1 fully saturated rings. The van der Waals surface area contributed by atoms with Crippen LogP contribution in [-0.4, -0.2) is 33.2 Å². The van der Waals surface area contributed by atoms with E-state index < -0.39 is 21.0 Å². The molecule has 2 unspecified atom stereocenters. The van der Waals surface area contributed by atoms with Gasteiger partial charge in [0.15, 0.2) is 7.83 Å². The van der Waals surface area contributed by atoms with E-state index in [4.69, 9.17) is 25.4 Å². The highest BCUT2D eigenvalue weighted by atomic mass is 29.3. The van der Waals surface area contributed by atoms with Crippen molar-refractivity contribution in [3.05, 3.63) is 48.5 Å². The number of nitrogen functional groups attached to an aromatic ring is 2. The van der Waals surface area contributed by atoms with Crippen LogP contribution in [-0.2, 0) is 4.43 Å². The van der Waals surface area contributed by atoms with Crippen LogP contribution in [0.5, 0.6) is 11.5 Å². The van der Waals surface area contributed by atoms with Gasteiger partial charge in [0.2, 0.25) is 0 Å². The molecule has 1 saturated heterocycles. The predicted molar refractivity (Wildman–Crippen MR) is 149 cm³/mol. The number of ether oxygens (including phenoxy) is 2. The molecule has 2 aromatic carbocycles. The highest BCUT2D eigenvalue weighted by molar-refractivity contribution is 7.38. The molecule has 0 radical (unpaired) electrons. The summed E-state index contributed by atoms with van der Waals surface area (Å²) >= 11 is 0. The first-order valence-corrected chi connectivity index (χ1v) is 19.9. The highest BCUT2D eigenvalue weighted by Crippen LogP contribution is 2.46. The van der Waals surface area contributed by atoms with Crippen molar-refractivity contribution >= 4 is 26.8 Å². The summed E-state index contributed by atoms with van der Waals surface area (Å²) in [6, 6.07) is 16.7. The lowest BCUT2D eigenvalue weighted by atomic mass is 9.82. The minimum absolute atomic E-state index is 0.108. The molecule has 34 heavy (non-hydrogen) atoms. The Kier molecular flexibility index (Phi) is 8.42. The molecule has 1 heterocycles. The van der Waals surface area contributed by atoms with Crippen LogP contribution < -0.4 is 20.9 Å². The van der Waals surface area contributed by atoms with Gasteiger partial charge in [-0.1, -0.05) is 45.8 Å². The number of nitrogens with two attached hydrogens (primary N) is 2. The van der Waals surface area contributed by atoms with Crippen molar-refractivity contribution in [3.8, 4) is 11.5 Å². The zero-order valence-corrected chi connectivity index (χ0v) is 23.9. The number of benzene rings is 2. The molecule has 1 aliphatic rings. The van der Waals surface area contributed by atoms with Crippen molar-refractivity contribution < 1.29 is 13.9 Å². The van der Waals surface area contributed by atoms with Crippen LogP contribution in [0.2, 0.25) is 32.2 Å². The third-order valence-electron chi connectivity index (χ3n) is 7.72. The SMILES string of the molecule is CCCC(Oc1ccc(N)cc1)C1(C(CCC)Oc2ccc(N)cc2)CC[Si](C)(C)[Si](C)(C)O1. The van der Waals surface area contributed by atoms with Gasteiger partial charge in [-0.2, -0.15) is 0 Å². The van der Waals surface area contributed by atoms with Gasteiger partial charge in [-0.3, -0.25) is 0 Å². The summed E-state index contributed by atoms with van der Waals surface area (Å²) in [7, 11) is -3.42. The van der Waals surface area contributed by atoms with Crippen LogP contribution in [0.4, 0.5) is 11.4 Å². The van der Waals surface area contributed by atoms with Gasteiger partial charge in [0, 0.05) is 11.4 Å². The Morgan fingerprint density at radius 2 is 1.21 bits per heavy atom. The summed E-state index contributed by atoms with van der Waals surface area (Å²) in [5.74, 6) is 1.67. The van der Waals surface area contributed by atoms with E-state index >= 15 is 0 Å². The minimum Gasteiger partial charge on any atom is -0.487 e. The first kappa shape index (κ1) is 26.6. The predicted octanol–water partition coefficient (Wildman–Crippen LogP) is 6.80. The Morgan fingerprint density at radius 3 is 1.56 bits per heavy atom. The molecule has 5 nitrogen and oxygen atoms in total. The minimum atomic E-state index is -1.95. The third-order valence-corrected chi connectivity index (χ3v) is 24.2.